The van der Waals surface area contributed by atoms with E-state index in [1.165, 1.54) is 0 Å². The molecule has 0 aromatic carbocycles. The van der Waals surface area contributed by atoms with Crippen LogP contribution in [0.2, 0.25) is 0 Å². The van der Waals surface area contributed by atoms with E-state index >= 15 is 0 Å². The number of rotatable bonds is 0. The average Bonchev–Trinajstić information content (AvgIpc) is 1.98. The van der Waals surface area contributed by atoms with Crippen LogP contribution >= 0.6 is 0 Å². The summed E-state index contributed by atoms with van der Waals surface area (Å²) in [6, 6.07) is 0.303. The van der Waals surface area contributed by atoms with Crippen LogP contribution in [0.15, 0.2) is 11.6 Å². The first-order chi connectivity index (χ1) is 4.13. The first-order valence-corrected chi connectivity index (χ1v) is 3.08. The van der Waals surface area contributed by atoms with E-state index in [1.807, 2.05) is 20.9 Å². The van der Waals surface area contributed by atoms with Crippen molar-refractivity contribution in [3.8, 4) is 0 Å². The van der Waals surface area contributed by atoms with Crippen molar-refractivity contribution in [2.24, 2.45) is 0 Å². The van der Waals surface area contributed by atoms with E-state index in [0.29, 0.717) is 6.04 Å². The van der Waals surface area contributed by atoms with Gasteiger partial charge in [0.1, 0.15) is 0 Å². The normalized spacial score (nSPS) is 27.0. The molecule has 0 aromatic heterocycles. The number of carbonyl (C=O) groups is 1. The number of likely N-dealkylation sites (N-methyl/N-ethyl adjacent to an activating group) is 1. The molecule has 2 nitrogen and oxygen atoms in total. The zero-order chi connectivity index (χ0) is 7.02. The van der Waals surface area contributed by atoms with E-state index in [9.17, 15) is 4.79 Å². The van der Waals surface area contributed by atoms with Crippen molar-refractivity contribution in [1.29, 1.82) is 0 Å². The maximum atomic E-state index is 10.8. The molecular weight excluding hydrogens is 114 g/mol. The minimum absolute atomic E-state index is 0.125. The second kappa shape index (κ2) is 1.87. The lowest BCUT2D eigenvalue weighted by Crippen LogP contribution is -2.27. The molecule has 1 atom stereocenters. The highest BCUT2D eigenvalue weighted by Gasteiger charge is 2.21. The molecule has 1 aliphatic rings. The second-order valence-electron chi connectivity index (χ2n) is 2.51. The molecule has 0 saturated heterocycles. The van der Waals surface area contributed by atoms with Gasteiger partial charge in [-0.25, -0.2) is 0 Å². The molecule has 9 heavy (non-hydrogen) atoms. The Morgan fingerprint density at radius 1 is 1.67 bits per heavy atom. The third-order valence-corrected chi connectivity index (χ3v) is 1.94. The maximum absolute atomic E-state index is 10.8. The van der Waals surface area contributed by atoms with Crippen LogP contribution in [-0.2, 0) is 4.79 Å². The predicted molar refractivity (Wildman–Crippen MR) is 36.0 cm³/mol. The van der Waals surface area contributed by atoms with Gasteiger partial charge in [-0.3, -0.25) is 4.79 Å². The van der Waals surface area contributed by atoms with Crippen LogP contribution in [0.1, 0.15) is 13.8 Å². The fourth-order valence-corrected chi connectivity index (χ4v) is 0.913. The highest BCUT2D eigenvalue weighted by molar-refractivity contribution is 5.91. The van der Waals surface area contributed by atoms with Crippen LogP contribution < -0.4 is 0 Å². The van der Waals surface area contributed by atoms with Crippen LogP contribution in [0.25, 0.3) is 0 Å². The van der Waals surface area contributed by atoms with Gasteiger partial charge < -0.3 is 4.90 Å². The summed E-state index contributed by atoms with van der Waals surface area (Å²) in [6.07, 6.45) is 1.69. The van der Waals surface area contributed by atoms with Crippen molar-refractivity contribution in [1.82, 2.24) is 4.90 Å². The summed E-state index contributed by atoms with van der Waals surface area (Å²) in [5.74, 6) is 0.125. The minimum atomic E-state index is 0.125. The Kier molecular flexibility index (Phi) is 1.31. The van der Waals surface area contributed by atoms with Crippen molar-refractivity contribution >= 4 is 5.91 Å². The first-order valence-electron chi connectivity index (χ1n) is 3.08. The summed E-state index contributed by atoms with van der Waals surface area (Å²) in [6.45, 7) is 4.00. The largest absolute Gasteiger partial charge is 0.336 e. The van der Waals surface area contributed by atoms with Crippen LogP contribution in [0.5, 0.6) is 0 Å². The van der Waals surface area contributed by atoms with Gasteiger partial charge in [-0.05, 0) is 19.4 Å². The molecule has 1 unspecified atom stereocenters. The summed E-state index contributed by atoms with van der Waals surface area (Å²) in [4.78, 5) is 12.6. The summed E-state index contributed by atoms with van der Waals surface area (Å²) in [5, 5.41) is 0. The van der Waals surface area contributed by atoms with Crippen molar-refractivity contribution < 1.29 is 4.79 Å². The molecule has 0 bridgehead atoms. The van der Waals surface area contributed by atoms with Crippen LogP contribution in [0.4, 0.5) is 0 Å². The quantitative estimate of drug-likeness (QED) is 0.468. The van der Waals surface area contributed by atoms with E-state index in [1.54, 1.807) is 11.0 Å². The van der Waals surface area contributed by atoms with Crippen molar-refractivity contribution in [2.75, 3.05) is 7.05 Å². The molecule has 1 rings (SSSR count). The second-order valence-corrected chi connectivity index (χ2v) is 2.51. The van der Waals surface area contributed by atoms with E-state index < -0.39 is 0 Å². The SMILES string of the molecule is CC1=CC(=O)N(C)C1C. The number of amides is 1. The average molecular weight is 125 g/mol. The van der Waals surface area contributed by atoms with E-state index in [0.717, 1.165) is 5.57 Å². The third-order valence-electron chi connectivity index (χ3n) is 1.94. The topological polar surface area (TPSA) is 20.3 Å². The molecule has 0 N–H and O–H groups in total. The zero-order valence-corrected chi connectivity index (χ0v) is 6.01. The number of hydrogen-bond donors (Lipinski definition) is 0. The lowest BCUT2D eigenvalue weighted by atomic mass is 10.2. The van der Waals surface area contributed by atoms with Gasteiger partial charge in [0.15, 0.2) is 0 Å². The zero-order valence-electron chi connectivity index (χ0n) is 6.01. The molecule has 0 aromatic rings. The fraction of sp³-hybridized carbons (Fsp3) is 0.571. The van der Waals surface area contributed by atoms with Gasteiger partial charge in [-0.1, -0.05) is 0 Å². The molecule has 1 aliphatic heterocycles. The van der Waals surface area contributed by atoms with Gasteiger partial charge in [0.05, 0.1) is 6.04 Å². The van der Waals surface area contributed by atoms with Gasteiger partial charge in [0.25, 0.3) is 0 Å². The Labute approximate surface area is 55.2 Å². The Bertz CT molecular complexity index is 172. The maximum Gasteiger partial charge on any atom is 0.246 e. The lowest BCUT2D eigenvalue weighted by Gasteiger charge is -2.16. The number of carbonyl (C=O) groups excluding carboxylic acids is 1. The molecule has 0 spiro atoms. The summed E-state index contributed by atoms with van der Waals surface area (Å²) < 4.78 is 0. The van der Waals surface area contributed by atoms with Crippen LogP contribution in [0, 0.1) is 0 Å². The Hall–Kier alpha value is -0.790. The van der Waals surface area contributed by atoms with Crippen molar-refractivity contribution in [3.05, 3.63) is 11.6 Å². The molecule has 50 valence electrons. The minimum Gasteiger partial charge on any atom is -0.336 e. The monoisotopic (exact) mass is 125 g/mol. The standard InChI is InChI=1S/C7H11NO/c1-5-4-7(9)8(3)6(5)2/h4,6H,1-3H3. The first kappa shape index (κ1) is 6.33. The number of hydrogen-bond acceptors (Lipinski definition) is 1. The van der Waals surface area contributed by atoms with Gasteiger partial charge in [-0.15, -0.1) is 0 Å². The molecule has 0 fully saturated rings. The lowest BCUT2D eigenvalue weighted by molar-refractivity contribution is -0.124. The molecule has 2 heteroatoms. The highest BCUT2D eigenvalue weighted by atomic mass is 16.2. The van der Waals surface area contributed by atoms with Gasteiger partial charge in [-0.2, -0.15) is 0 Å². The molecule has 1 amide bonds. The Balaban J connectivity index is 2.82. The predicted octanol–water partition coefficient (Wildman–Crippen LogP) is 0.793. The summed E-state index contributed by atoms with van der Waals surface area (Å²) >= 11 is 0. The van der Waals surface area contributed by atoms with Crippen molar-refractivity contribution in [2.45, 2.75) is 19.9 Å². The highest BCUT2D eigenvalue weighted by Crippen LogP contribution is 2.15. The van der Waals surface area contributed by atoms with Crippen molar-refractivity contribution in [3.63, 3.8) is 0 Å². The van der Waals surface area contributed by atoms with Crippen LogP contribution in [0.3, 0.4) is 0 Å². The fourth-order valence-electron chi connectivity index (χ4n) is 0.913. The summed E-state index contributed by atoms with van der Waals surface area (Å²) in [7, 11) is 1.82. The Morgan fingerprint density at radius 2 is 2.22 bits per heavy atom. The van der Waals surface area contributed by atoms with E-state index in [4.69, 9.17) is 0 Å². The van der Waals surface area contributed by atoms with Gasteiger partial charge in [0.2, 0.25) is 5.91 Å². The summed E-state index contributed by atoms with van der Waals surface area (Å²) in [5.41, 5.74) is 1.16. The molecule has 0 radical (unpaired) electrons. The Morgan fingerprint density at radius 3 is 2.33 bits per heavy atom. The third kappa shape index (κ3) is 0.846. The smallest absolute Gasteiger partial charge is 0.246 e. The molecule has 1 heterocycles. The molecule has 0 aliphatic carbocycles. The number of nitrogens with zero attached hydrogens (tertiary/aromatic N) is 1. The van der Waals surface area contributed by atoms with E-state index in [2.05, 4.69) is 0 Å². The van der Waals surface area contributed by atoms with Gasteiger partial charge >= 0.3 is 0 Å². The van der Waals surface area contributed by atoms with Crippen LogP contribution in [-0.4, -0.2) is 23.9 Å². The van der Waals surface area contributed by atoms with Gasteiger partial charge in [0, 0.05) is 13.1 Å². The molecule has 0 saturated carbocycles. The molecular formula is C7H11NO. The van der Waals surface area contributed by atoms with E-state index in [-0.39, 0.29) is 5.91 Å².